The molecule has 272 valence electrons. The second kappa shape index (κ2) is 15.1. The molecule has 2 N–H and O–H groups in total. The monoisotopic (exact) mass is 766 g/mol. The topological polar surface area (TPSA) is 106 Å². The van der Waals surface area contributed by atoms with Gasteiger partial charge in [0.2, 0.25) is 5.69 Å². The molecule has 0 aliphatic carbocycles. The highest BCUT2D eigenvalue weighted by molar-refractivity contribution is 7.99. The molecule has 0 bridgehead atoms. The second-order valence-corrected chi connectivity index (χ2v) is 14.5. The first-order chi connectivity index (χ1) is 27.0. The molecule has 0 saturated carbocycles. The summed E-state index contributed by atoms with van der Waals surface area (Å²) in [6, 6.07) is 35.9. The Morgan fingerprint density at radius 2 is 1.29 bits per heavy atom. The Hall–Kier alpha value is -5.95. The molecule has 9 nitrogen and oxygen atoms in total. The van der Waals surface area contributed by atoms with E-state index in [2.05, 4.69) is 35.4 Å². The number of benzene rings is 4. The summed E-state index contributed by atoms with van der Waals surface area (Å²) in [6.45, 7) is 0. The zero-order chi connectivity index (χ0) is 38.0. The Kier molecular flexibility index (Phi) is 9.87. The molecule has 13 heteroatoms. The van der Waals surface area contributed by atoms with E-state index in [9.17, 15) is 14.3 Å². The van der Waals surface area contributed by atoms with Crippen LogP contribution in [0.15, 0.2) is 162 Å². The van der Waals surface area contributed by atoms with Gasteiger partial charge in [-0.05, 0) is 106 Å². The van der Waals surface area contributed by atoms with Crippen LogP contribution < -0.4 is 15.1 Å². The normalized spacial score (nSPS) is 17.5. The molecule has 0 spiro atoms. The summed E-state index contributed by atoms with van der Waals surface area (Å²) >= 11 is 3.10. The van der Waals surface area contributed by atoms with Crippen molar-refractivity contribution in [3.05, 3.63) is 186 Å². The van der Waals surface area contributed by atoms with Crippen molar-refractivity contribution in [3.63, 3.8) is 0 Å². The van der Waals surface area contributed by atoms with Gasteiger partial charge in [-0.1, -0.05) is 48.5 Å². The SMILES string of the molecule is CSc1ccccc1N(c1[nH]ncc1-c1ccncc1)[N+]1(c2ccccc2SC)NC(c2ccc(F)cc2)(c2ccc(F)cc2)C(c2ccncc2)C1=[N+]=[N-]. The van der Waals surface area contributed by atoms with Crippen LogP contribution in [0.3, 0.4) is 0 Å². The van der Waals surface area contributed by atoms with Crippen LogP contribution in [0.2, 0.25) is 0 Å². The zero-order valence-corrected chi connectivity index (χ0v) is 31.3. The van der Waals surface area contributed by atoms with Crippen molar-refractivity contribution in [1.82, 2.24) is 30.3 Å². The van der Waals surface area contributed by atoms with Crippen molar-refractivity contribution in [2.24, 2.45) is 0 Å². The van der Waals surface area contributed by atoms with E-state index in [1.54, 1.807) is 67.0 Å². The molecule has 1 fully saturated rings. The van der Waals surface area contributed by atoms with E-state index in [0.29, 0.717) is 22.6 Å². The molecule has 3 aromatic heterocycles. The van der Waals surface area contributed by atoms with Crippen molar-refractivity contribution >= 4 is 46.6 Å². The van der Waals surface area contributed by atoms with Crippen LogP contribution in [0.25, 0.3) is 16.7 Å². The van der Waals surface area contributed by atoms with Crippen LogP contribution in [0, 0.1) is 11.6 Å². The number of halogens is 2. The fourth-order valence-electron chi connectivity index (χ4n) is 7.65. The number of amidine groups is 1. The molecule has 7 aromatic rings. The smallest absolute Gasteiger partial charge is 0.355 e. The quantitative estimate of drug-likeness (QED) is 0.0619. The minimum atomic E-state index is -1.35. The van der Waals surface area contributed by atoms with Crippen LogP contribution in [-0.2, 0) is 5.54 Å². The third-order valence-corrected chi connectivity index (χ3v) is 11.5. The Bertz CT molecular complexity index is 2450. The van der Waals surface area contributed by atoms with Crippen molar-refractivity contribution in [3.8, 4) is 11.1 Å². The number of nitrogens with one attached hydrogen (secondary N) is 2. The summed E-state index contributed by atoms with van der Waals surface area (Å²) in [4.78, 5) is 14.7. The number of quaternary nitrogens is 1. The number of thioether (sulfide) groups is 2. The maximum Gasteiger partial charge on any atom is 0.506 e. The molecule has 1 aliphatic heterocycles. The van der Waals surface area contributed by atoms with Crippen LogP contribution in [0.5, 0.6) is 0 Å². The van der Waals surface area contributed by atoms with Gasteiger partial charge < -0.3 is 5.53 Å². The van der Waals surface area contributed by atoms with Gasteiger partial charge in [-0.3, -0.25) is 15.1 Å². The van der Waals surface area contributed by atoms with Gasteiger partial charge in [-0.15, -0.1) is 38.7 Å². The van der Waals surface area contributed by atoms with E-state index in [0.717, 1.165) is 32.2 Å². The molecule has 4 heterocycles. The summed E-state index contributed by atoms with van der Waals surface area (Å²) in [5, 5.41) is 9.99. The van der Waals surface area contributed by atoms with E-state index in [4.69, 9.17) is 0 Å². The standard InChI is InChI=1S/C42H34F2N9S2/c1-54-37-9-5-3-7-35(37)52(40-34(27-48-50-40)28-19-23-46-24-20-28)53(36-8-4-6-10-38(36)55-2)41(49-45)39(29-21-25-47-26-22-29)42(51-53,30-11-15-32(43)16-12-30)31-13-17-33(44)18-14-31/h3-27,39,51H,1-2H3,(H,48,50)/q+1. The average molecular weight is 767 g/mol. The highest BCUT2D eigenvalue weighted by atomic mass is 32.2. The molecule has 0 amide bonds. The number of rotatable bonds is 10. The van der Waals surface area contributed by atoms with Gasteiger partial charge in [0.1, 0.15) is 22.9 Å². The van der Waals surface area contributed by atoms with Crippen molar-refractivity contribution in [2.75, 3.05) is 17.5 Å². The van der Waals surface area contributed by atoms with E-state index < -0.39 is 27.8 Å². The van der Waals surface area contributed by atoms with Crippen molar-refractivity contribution < 1.29 is 13.6 Å². The number of aromatic amines is 1. The van der Waals surface area contributed by atoms with Gasteiger partial charge >= 0.3 is 5.84 Å². The fourth-order valence-corrected chi connectivity index (χ4v) is 8.85. The predicted molar refractivity (Wildman–Crippen MR) is 215 cm³/mol. The molecule has 2 unspecified atom stereocenters. The summed E-state index contributed by atoms with van der Waals surface area (Å²) in [6.07, 6.45) is 12.6. The first-order valence-corrected chi connectivity index (χ1v) is 19.7. The minimum absolute atomic E-state index is 0.257. The maximum absolute atomic E-state index is 14.9. The van der Waals surface area contributed by atoms with Gasteiger partial charge in [0.25, 0.3) is 0 Å². The summed E-state index contributed by atoms with van der Waals surface area (Å²) in [5.41, 5.74) is 19.6. The predicted octanol–water partition coefficient (Wildman–Crippen LogP) is 9.52. The first kappa shape index (κ1) is 36.0. The van der Waals surface area contributed by atoms with Crippen LogP contribution >= 0.6 is 23.5 Å². The third kappa shape index (κ3) is 6.02. The third-order valence-electron chi connectivity index (χ3n) is 9.97. The number of hydrogen-bond donors (Lipinski definition) is 2. The number of anilines is 2. The van der Waals surface area contributed by atoms with Crippen molar-refractivity contribution in [2.45, 2.75) is 21.2 Å². The van der Waals surface area contributed by atoms with Crippen LogP contribution in [0.4, 0.5) is 26.0 Å². The summed E-state index contributed by atoms with van der Waals surface area (Å²) in [5.74, 6) is -0.832. The average Bonchev–Trinajstić information content (AvgIpc) is 3.84. The number of para-hydroxylation sites is 2. The zero-order valence-electron chi connectivity index (χ0n) is 29.7. The number of nitrogens with zero attached hydrogens (tertiary/aromatic N) is 7. The van der Waals surface area contributed by atoms with Gasteiger partial charge in [-0.2, -0.15) is 5.10 Å². The lowest BCUT2D eigenvalue weighted by atomic mass is 9.71. The molecule has 1 aliphatic rings. The maximum atomic E-state index is 14.9. The molecule has 1 saturated heterocycles. The highest BCUT2D eigenvalue weighted by Crippen LogP contribution is 2.56. The lowest BCUT2D eigenvalue weighted by Gasteiger charge is -2.41. The largest absolute Gasteiger partial charge is 0.506 e. The molecule has 8 rings (SSSR count). The molecular weight excluding hydrogens is 733 g/mol. The fraction of sp³-hybridized carbons (Fsp3) is 0.0952. The second-order valence-electron chi connectivity index (χ2n) is 12.8. The van der Waals surface area contributed by atoms with E-state index in [-0.39, 0.29) is 5.84 Å². The van der Waals surface area contributed by atoms with Gasteiger partial charge in [-0.25, -0.2) is 8.78 Å². The first-order valence-electron chi connectivity index (χ1n) is 17.3. The molecule has 55 heavy (non-hydrogen) atoms. The lowest BCUT2D eigenvalue weighted by Crippen LogP contribution is -2.70. The van der Waals surface area contributed by atoms with Crippen LogP contribution in [0.1, 0.15) is 22.6 Å². The highest BCUT2D eigenvalue weighted by Gasteiger charge is 2.73. The summed E-state index contributed by atoms with van der Waals surface area (Å²) < 4.78 is 29.3. The van der Waals surface area contributed by atoms with E-state index in [1.165, 1.54) is 36.0 Å². The Morgan fingerprint density at radius 3 is 1.89 bits per heavy atom. The Labute approximate surface area is 325 Å². The number of pyridine rings is 2. The lowest BCUT2D eigenvalue weighted by molar-refractivity contribution is -0.0264. The minimum Gasteiger partial charge on any atom is -0.355 e. The summed E-state index contributed by atoms with van der Waals surface area (Å²) in [7, 11) is 0. The number of aromatic nitrogens is 4. The van der Waals surface area contributed by atoms with Gasteiger partial charge in [0, 0.05) is 41.3 Å². The molecule has 4 aromatic carbocycles. The number of hydrogen-bond acceptors (Lipinski definition) is 7. The molecular formula is C42H34F2N9S2+. The van der Waals surface area contributed by atoms with E-state index >= 15 is 0 Å². The number of H-pyrrole nitrogens is 1. The van der Waals surface area contributed by atoms with Crippen molar-refractivity contribution in [1.29, 1.82) is 0 Å². The van der Waals surface area contributed by atoms with Crippen LogP contribution in [-0.4, -0.2) is 43.3 Å². The molecule has 2 atom stereocenters. The van der Waals surface area contributed by atoms with Gasteiger partial charge in [0.05, 0.1) is 11.1 Å². The van der Waals surface area contributed by atoms with E-state index in [1.807, 2.05) is 85.3 Å². The van der Waals surface area contributed by atoms with Gasteiger partial charge in [0.15, 0.2) is 11.7 Å². The Morgan fingerprint density at radius 1 is 0.727 bits per heavy atom. The Balaban J connectivity index is 1.59. The molecule has 0 radical (unpaired) electrons.